The molecule has 0 radical (unpaired) electrons. The van der Waals surface area contributed by atoms with E-state index in [4.69, 9.17) is 4.74 Å². The molecule has 31 heavy (non-hydrogen) atoms. The maximum absolute atomic E-state index is 12.3. The Kier molecular flexibility index (Phi) is 7.20. The molecule has 0 saturated carbocycles. The number of rotatable bonds is 8. The molecule has 0 bridgehead atoms. The third kappa shape index (κ3) is 6.07. The second kappa shape index (κ2) is 10.4. The molecule has 1 fully saturated rings. The number of anilines is 1. The number of carbonyl (C=O) groups is 2. The van der Waals surface area contributed by atoms with Gasteiger partial charge in [-0.3, -0.25) is 9.59 Å². The fraction of sp³-hybridized carbons (Fsp3) is 0.440. The Morgan fingerprint density at radius 3 is 2.61 bits per heavy atom. The van der Waals surface area contributed by atoms with Gasteiger partial charge in [0.05, 0.1) is 12.1 Å². The van der Waals surface area contributed by atoms with E-state index in [0.29, 0.717) is 18.0 Å². The molecule has 6 heteroatoms. The van der Waals surface area contributed by atoms with Crippen molar-refractivity contribution in [3.05, 3.63) is 60.2 Å². The Balaban J connectivity index is 1.10. The molecular formula is C25H31N3O3. The standard InChI is InChI=1S/C25H31N3O3/c29-24(18-23-25(30)27-21-9-4-5-10-22(21)31-23)26-13-6-14-28-15-11-20(12-16-28)17-19-7-2-1-3-8-19/h1-5,7-10,20,23H,6,11-18H2,(H,26,29)(H,27,30). The maximum atomic E-state index is 12.3. The van der Waals surface area contributed by atoms with Crippen molar-refractivity contribution in [2.75, 3.05) is 31.5 Å². The predicted molar refractivity (Wildman–Crippen MR) is 121 cm³/mol. The average molecular weight is 422 g/mol. The zero-order valence-corrected chi connectivity index (χ0v) is 17.9. The van der Waals surface area contributed by atoms with E-state index in [2.05, 4.69) is 45.9 Å². The van der Waals surface area contributed by atoms with E-state index in [-0.39, 0.29) is 18.2 Å². The summed E-state index contributed by atoms with van der Waals surface area (Å²) in [7, 11) is 0. The van der Waals surface area contributed by atoms with E-state index in [0.717, 1.165) is 32.0 Å². The first-order valence-corrected chi connectivity index (χ1v) is 11.3. The summed E-state index contributed by atoms with van der Waals surface area (Å²) in [4.78, 5) is 26.9. The minimum Gasteiger partial charge on any atom is -0.478 e. The zero-order valence-electron chi connectivity index (χ0n) is 17.9. The van der Waals surface area contributed by atoms with Gasteiger partial charge in [0.15, 0.2) is 6.10 Å². The van der Waals surface area contributed by atoms with Crippen molar-refractivity contribution < 1.29 is 14.3 Å². The van der Waals surface area contributed by atoms with Crippen LogP contribution in [0.15, 0.2) is 54.6 Å². The van der Waals surface area contributed by atoms with Gasteiger partial charge in [0.25, 0.3) is 5.91 Å². The van der Waals surface area contributed by atoms with Crippen LogP contribution in [0.5, 0.6) is 5.75 Å². The number of likely N-dealkylation sites (tertiary alicyclic amines) is 1. The maximum Gasteiger partial charge on any atom is 0.266 e. The van der Waals surface area contributed by atoms with E-state index >= 15 is 0 Å². The van der Waals surface area contributed by atoms with Gasteiger partial charge < -0.3 is 20.3 Å². The number of nitrogens with zero attached hydrogens (tertiary/aromatic N) is 1. The quantitative estimate of drug-likeness (QED) is 0.642. The average Bonchev–Trinajstić information content (AvgIpc) is 2.79. The molecule has 0 spiro atoms. The lowest BCUT2D eigenvalue weighted by molar-refractivity contribution is -0.130. The number of carbonyl (C=O) groups excluding carboxylic acids is 2. The number of fused-ring (bicyclic) bond motifs is 1. The van der Waals surface area contributed by atoms with Crippen LogP contribution in [0.2, 0.25) is 0 Å². The van der Waals surface area contributed by atoms with E-state index in [1.807, 2.05) is 12.1 Å². The lowest BCUT2D eigenvalue weighted by atomic mass is 9.90. The number of benzene rings is 2. The fourth-order valence-corrected chi connectivity index (χ4v) is 4.36. The number of amides is 2. The first-order chi connectivity index (χ1) is 15.2. The number of para-hydroxylation sites is 2. The molecule has 164 valence electrons. The Bertz CT molecular complexity index is 879. The summed E-state index contributed by atoms with van der Waals surface area (Å²) in [5.74, 6) is 0.953. The van der Waals surface area contributed by atoms with E-state index in [1.165, 1.54) is 24.8 Å². The lowest BCUT2D eigenvalue weighted by Crippen LogP contribution is -2.41. The first kappa shape index (κ1) is 21.4. The number of piperidine rings is 1. The largest absolute Gasteiger partial charge is 0.478 e. The van der Waals surface area contributed by atoms with Crippen LogP contribution >= 0.6 is 0 Å². The van der Waals surface area contributed by atoms with Crippen molar-refractivity contribution in [3.8, 4) is 5.75 Å². The predicted octanol–water partition coefficient (Wildman–Crippen LogP) is 3.24. The molecule has 2 aliphatic rings. The SMILES string of the molecule is O=C(CC1Oc2ccccc2NC1=O)NCCCN1CCC(Cc2ccccc2)CC1. The van der Waals surface area contributed by atoms with Gasteiger partial charge >= 0.3 is 0 Å². The summed E-state index contributed by atoms with van der Waals surface area (Å²) in [6, 6.07) is 18.0. The summed E-state index contributed by atoms with van der Waals surface area (Å²) in [6.45, 7) is 3.86. The van der Waals surface area contributed by atoms with E-state index in [9.17, 15) is 9.59 Å². The molecule has 2 N–H and O–H groups in total. The molecule has 2 aromatic carbocycles. The van der Waals surface area contributed by atoms with Gasteiger partial charge in [0.2, 0.25) is 5.91 Å². The van der Waals surface area contributed by atoms with Crippen LogP contribution in [0, 0.1) is 5.92 Å². The molecular weight excluding hydrogens is 390 g/mol. The summed E-state index contributed by atoms with van der Waals surface area (Å²) >= 11 is 0. The van der Waals surface area contributed by atoms with Crippen molar-refractivity contribution in [1.29, 1.82) is 0 Å². The van der Waals surface area contributed by atoms with E-state index in [1.54, 1.807) is 12.1 Å². The Hall–Kier alpha value is -2.86. The second-order valence-electron chi connectivity index (χ2n) is 8.47. The molecule has 2 amide bonds. The number of nitrogens with one attached hydrogen (secondary N) is 2. The second-order valence-corrected chi connectivity index (χ2v) is 8.47. The molecule has 1 saturated heterocycles. The molecule has 1 unspecified atom stereocenters. The Labute approximate surface area is 184 Å². The molecule has 0 aliphatic carbocycles. The Morgan fingerprint density at radius 1 is 1.06 bits per heavy atom. The number of hydrogen-bond donors (Lipinski definition) is 2. The van der Waals surface area contributed by atoms with Crippen LogP contribution in [0.4, 0.5) is 5.69 Å². The van der Waals surface area contributed by atoms with Gasteiger partial charge in [-0.25, -0.2) is 0 Å². The van der Waals surface area contributed by atoms with Gasteiger partial charge in [-0.15, -0.1) is 0 Å². The molecule has 0 aromatic heterocycles. The highest BCUT2D eigenvalue weighted by Crippen LogP contribution is 2.29. The number of ether oxygens (including phenoxy) is 1. The normalized spacial score (nSPS) is 19.2. The monoisotopic (exact) mass is 421 g/mol. The van der Waals surface area contributed by atoms with Crippen molar-refractivity contribution in [3.63, 3.8) is 0 Å². The van der Waals surface area contributed by atoms with Crippen molar-refractivity contribution >= 4 is 17.5 Å². The summed E-state index contributed by atoms with van der Waals surface area (Å²) in [5.41, 5.74) is 2.08. The van der Waals surface area contributed by atoms with Crippen molar-refractivity contribution in [2.24, 2.45) is 5.92 Å². The minimum absolute atomic E-state index is 0.0328. The van der Waals surface area contributed by atoms with Gasteiger partial charge in [-0.05, 0) is 68.9 Å². The van der Waals surface area contributed by atoms with Crippen LogP contribution in [-0.2, 0) is 16.0 Å². The van der Waals surface area contributed by atoms with Gasteiger partial charge in [0, 0.05) is 6.54 Å². The fourth-order valence-electron chi connectivity index (χ4n) is 4.36. The Morgan fingerprint density at radius 2 is 1.81 bits per heavy atom. The topological polar surface area (TPSA) is 70.7 Å². The lowest BCUT2D eigenvalue weighted by Gasteiger charge is -2.32. The van der Waals surface area contributed by atoms with Gasteiger partial charge in [-0.1, -0.05) is 42.5 Å². The van der Waals surface area contributed by atoms with Crippen LogP contribution in [-0.4, -0.2) is 49.0 Å². The highest BCUT2D eigenvalue weighted by atomic mass is 16.5. The molecule has 6 nitrogen and oxygen atoms in total. The third-order valence-electron chi connectivity index (χ3n) is 6.13. The first-order valence-electron chi connectivity index (χ1n) is 11.3. The highest BCUT2D eigenvalue weighted by Gasteiger charge is 2.29. The molecule has 1 atom stereocenters. The molecule has 2 heterocycles. The summed E-state index contributed by atoms with van der Waals surface area (Å²) < 4.78 is 5.69. The van der Waals surface area contributed by atoms with Crippen LogP contribution in [0.25, 0.3) is 0 Å². The smallest absolute Gasteiger partial charge is 0.266 e. The third-order valence-corrected chi connectivity index (χ3v) is 6.13. The number of hydrogen-bond acceptors (Lipinski definition) is 4. The van der Waals surface area contributed by atoms with E-state index < -0.39 is 6.10 Å². The molecule has 2 aliphatic heterocycles. The van der Waals surface area contributed by atoms with Crippen molar-refractivity contribution in [1.82, 2.24) is 10.2 Å². The van der Waals surface area contributed by atoms with Gasteiger partial charge in [-0.2, -0.15) is 0 Å². The van der Waals surface area contributed by atoms with Crippen LogP contribution in [0.1, 0.15) is 31.2 Å². The zero-order chi connectivity index (χ0) is 21.5. The molecule has 4 rings (SSSR count). The summed E-state index contributed by atoms with van der Waals surface area (Å²) in [5, 5.41) is 5.72. The molecule has 2 aromatic rings. The van der Waals surface area contributed by atoms with Crippen LogP contribution < -0.4 is 15.4 Å². The highest BCUT2D eigenvalue weighted by molar-refractivity contribution is 5.99. The van der Waals surface area contributed by atoms with Gasteiger partial charge in [0.1, 0.15) is 5.75 Å². The summed E-state index contributed by atoms with van der Waals surface area (Å²) in [6.07, 6.45) is 3.80. The van der Waals surface area contributed by atoms with Crippen LogP contribution in [0.3, 0.4) is 0 Å². The minimum atomic E-state index is -0.779. The van der Waals surface area contributed by atoms with Crippen molar-refractivity contribution in [2.45, 2.75) is 38.2 Å².